The molecular weight excluding hydrogens is 568 g/mol. The van der Waals surface area contributed by atoms with Crippen LogP contribution in [-0.2, 0) is 14.3 Å². The monoisotopic (exact) mass is 632 g/mol. The number of amides is 2. The first-order valence-corrected chi connectivity index (χ1v) is 17.8. The summed E-state index contributed by atoms with van der Waals surface area (Å²) in [5.74, 6) is 1.09. The molecule has 258 valence electrons. The van der Waals surface area contributed by atoms with Crippen molar-refractivity contribution in [3.05, 3.63) is 0 Å². The molecule has 2 amide bonds. The number of rotatable bonds is 5. The second-order valence-corrected chi connectivity index (χ2v) is 18.9. The number of carbonyl (C=O) groups is 2. The molecule has 1 aliphatic heterocycles. The Hall–Kier alpha value is -1.38. The average Bonchev–Trinajstić information content (AvgIpc) is 3.48. The maximum atomic E-state index is 13.0. The number of fused-ring (bicyclic) bond motifs is 5. The molecule has 1 heterocycles. The van der Waals surface area contributed by atoms with Crippen LogP contribution in [0.3, 0.4) is 0 Å². The molecule has 0 radical (unpaired) electrons. The normalized spacial score (nSPS) is 46.0. The molecule has 4 N–H and O–H groups in total. The van der Waals surface area contributed by atoms with E-state index < -0.39 is 17.3 Å². The molecule has 0 unspecified atom stereocenters. The van der Waals surface area contributed by atoms with Gasteiger partial charge in [-0.3, -0.25) is 4.79 Å². The molecule has 8 nitrogen and oxygen atoms in total. The highest BCUT2D eigenvalue weighted by Crippen LogP contribution is 2.76. The van der Waals surface area contributed by atoms with Crippen molar-refractivity contribution in [3.8, 4) is 0 Å². The summed E-state index contributed by atoms with van der Waals surface area (Å²) >= 11 is 0. The van der Waals surface area contributed by atoms with Gasteiger partial charge in [-0.15, -0.1) is 0 Å². The molecule has 8 heteroatoms. The van der Waals surface area contributed by atoms with Crippen molar-refractivity contribution in [1.82, 2.24) is 10.6 Å². The van der Waals surface area contributed by atoms with E-state index >= 15 is 0 Å². The largest absolute Gasteiger partial charge is 0.444 e. The van der Waals surface area contributed by atoms with E-state index in [0.29, 0.717) is 11.8 Å². The zero-order chi connectivity index (χ0) is 33.6. The Morgan fingerprint density at radius 1 is 0.867 bits per heavy atom. The fourth-order valence-electron chi connectivity index (χ4n) is 12.1. The third kappa shape index (κ3) is 5.75. The predicted octanol–water partition coefficient (Wildman–Crippen LogP) is 6.36. The number of nitrogens with one attached hydrogen (secondary N) is 2. The quantitative estimate of drug-likeness (QED) is 0.280. The van der Waals surface area contributed by atoms with E-state index in [2.05, 4.69) is 52.2 Å². The lowest BCUT2D eigenvalue weighted by Crippen LogP contribution is -2.67. The first-order chi connectivity index (χ1) is 20.5. The van der Waals surface area contributed by atoms with Gasteiger partial charge in [-0.05, 0) is 145 Å². The molecule has 0 aromatic carbocycles. The van der Waals surface area contributed by atoms with Crippen LogP contribution in [0.4, 0.5) is 4.79 Å². The number of aliphatic hydroxyl groups excluding tert-OH is 1. The maximum Gasteiger partial charge on any atom is 0.408 e. The molecule has 5 fully saturated rings. The molecule has 45 heavy (non-hydrogen) atoms. The fraction of sp³-hybridized carbons (Fsp3) is 0.946. The second-order valence-electron chi connectivity index (χ2n) is 18.9. The molecule has 5 rings (SSSR count). The summed E-state index contributed by atoms with van der Waals surface area (Å²) in [6, 6.07) is 0.0174. The van der Waals surface area contributed by atoms with Crippen LogP contribution in [-0.4, -0.2) is 63.8 Å². The summed E-state index contributed by atoms with van der Waals surface area (Å²) in [5, 5.41) is 28.8. The van der Waals surface area contributed by atoms with Crippen molar-refractivity contribution in [2.24, 2.45) is 45.3 Å². The minimum atomic E-state index is -0.866. The lowest BCUT2D eigenvalue weighted by atomic mass is 9.35. The third-order valence-corrected chi connectivity index (χ3v) is 14.4. The Kier molecular flexibility index (Phi) is 8.60. The van der Waals surface area contributed by atoms with Crippen molar-refractivity contribution in [1.29, 1.82) is 0 Å². The second kappa shape index (κ2) is 11.1. The Balaban J connectivity index is 1.32. The van der Waals surface area contributed by atoms with E-state index in [1.807, 2.05) is 13.8 Å². The van der Waals surface area contributed by atoms with Crippen LogP contribution in [0.5, 0.6) is 0 Å². The maximum absolute atomic E-state index is 13.0. The van der Waals surface area contributed by atoms with Gasteiger partial charge in [-0.1, -0.05) is 34.6 Å². The Labute approximate surface area is 272 Å². The van der Waals surface area contributed by atoms with Gasteiger partial charge in [0.25, 0.3) is 0 Å². The Morgan fingerprint density at radius 2 is 1.51 bits per heavy atom. The summed E-state index contributed by atoms with van der Waals surface area (Å²) in [6.45, 7) is 23.4. The van der Waals surface area contributed by atoms with E-state index in [-0.39, 0.29) is 69.8 Å². The van der Waals surface area contributed by atoms with Crippen LogP contribution in [0.1, 0.15) is 134 Å². The van der Waals surface area contributed by atoms with Gasteiger partial charge >= 0.3 is 6.09 Å². The summed E-state index contributed by atoms with van der Waals surface area (Å²) in [4.78, 5) is 25.1. The highest BCUT2D eigenvalue weighted by Gasteiger charge is 2.72. The van der Waals surface area contributed by atoms with E-state index in [0.717, 1.165) is 57.8 Å². The Bertz CT molecular complexity index is 1160. The van der Waals surface area contributed by atoms with Crippen molar-refractivity contribution in [2.45, 2.75) is 169 Å². The van der Waals surface area contributed by atoms with Gasteiger partial charge in [-0.25, -0.2) is 4.79 Å². The van der Waals surface area contributed by atoms with Crippen LogP contribution >= 0.6 is 0 Å². The van der Waals surface area contributed by atoms with E-state index in [9.17, 15) is 19.8 Å². The van der Waals surface area contributed by atoms with Gasteiger partial charge in [0, 0.05) is 6.04 Å². The van der Waals surface area contributed by atoms with Gasteiger partial charge in [0.05, 0.1) is 23.4 Å². The first-order valence-electron chi connectivity index (χ1n) is 17.8. The molecule has 0 spiro atoms. The third-order valence-electron chi connectivity index (χ3n) is 14.4. The molecule has 0 aromatic rings. The minimum absolute atomic E-state index is 0.00963. The van der Waals surface area contributed by atoms with Crippen LogP contribution in [0, 0.1) is 45.3 Å². The SMILES string of the molecule is CC(C)(C)OC(=O)NCC(=O)N[C@H]1CC[C@]2(C)[C@H]3C[C@@H](O)[C@@H]4[C@@H]([C@]5(C)CC[C@@H](C(C)(C)O)O5)CC[C@@]4(C)[C@]3(C)CC[C@H]2C1(C)C. The van der Waals surface area contributed by atoms with E-state index in [1.165, 1.54) is 0 Å². The molecule has 4 saturated carbocycles. The molecule has 4 aliphatic carbocycles. The number of alkyl carbamates (subject to hydrolysis) is 1. The number of carbonyl (C=O) groups excluding carboxylic acids is 2. The smallest absolute Gasteiger partial charge is 0.408 e. The molecule has 5 aliphatic rings. The van der Waals surface area contributed by atoms with Crippen molar-refractivity contribution < 1.29 is 29.3 Å². The van der Waals surface area contributed by atoms with Gasteiger partial charge < -0.3 is 30.3 Å². The van der Waals surface area contributed by atoms with Gasteiger partial charge in [0.2, 0.25) is 5.91 Å². The molecule has 11 atom stereocenters. The zero-order valence-electron chi connectivity index (χ0n) is 30.1. The van der Waals surface area contributed by atoms with Gasteiger partial charge in [-0.2, -0.15) is 0 Å². The fourth-order valence-corrected chi connectivity index (χ4v) is 12.1. The van der Waals surface area contributed by atoms with Crippen LogP contribution < -0.4 is 10.6 Å². The summed E-state index contributed by atoms with van der Waals surface area (Å²) in [7, 11) is 0. The summed E-state index contributed by atoms with van der Waals surface area (Å²) in [6.07, 6.45) is 7.77. The van der Waals surface area contributed by atoms with Crippen LogP contribution in [0.25, 0.3) is 0 Å². The van der Waals surface area contributed by atoms with E-state index in [1.54, 1.807) is 20.8 Å². The number of hydrogen-bond acceptors (Lipinski definition) is 6. The van der Waals surface area contributed by atoms with Crippen molar-refractivity contribution >= 4 is 12.0 Å². The topological polar surface area (TPSA) is 117 Å². The standard InChI is InChI=1S/C37H64N2O6/c1-31(2,3)45-30(42)38-21-28(41)39-26-14-16-34(8)24(32(26,4)5)13-18-35(9)25(34)20-23(40)29-22(12-17-36(29,35)10)37(11)19-15-27(44-37)33(6,7)43/h22-27,29,40,43H,12-21H2,1-11H3,(H,38,42)(H,39,41)/t22-,23+,24-,25+,26-,27-,29-,34-,35+,36+,37-/m0/s1. The van der Waals surface area contributed by atoms with Crippen molar-refractivity contribution in [2.75, 3.05) is 6.54 Å². The molecule has 0 aromatic heterocycles. The zero-order valence-corrected chi connectivity index (χ0v) is 30.1. The number of aliphatic hydroxyl groups is 2. The molecular formula is C37H64N2O6. The van der Waals surface area contributed by atoms with Crippen LogP contribution in [0.15, 0.2) is 0 Å². The molecule has 1 saturated heterocycles. The average molecular weight is 633 g/mol. The molecule has 0 bridgehead atoms. The Morgan fingerprint density at radius 3 is 2.11 bits per heavy atom. The minimum Gasteiger partial charge on any atom is -0.444 e. The van der Waals surface area contributed by atoms with Crippen LogP contribution in [0.2, 0.25) is 0 Å². The van der Waals surface area contributed by atoms with Gasteiger partial charge in [0.15, 0.2) is 0 Å². The first kappa shape index (κ1) is 34.9. The predicted molar refractivity (Wildman–Crippen MR) is 175 cm³/mol. The summed E-state index contributed by atoms with van der Waals surface area (Å²) < 4.78 is 12.0. The lowest BCUT2D eigenvalue weighted by Gasteiger charge is -2.71. The summed E-state index contributed by atoms with van der Waals surface area (Å²) in [5.41, 5.74) is -1.77. The van der Waals surface area contributed by atoms with Crippen molar-refractivity contribution in [3.63, 3.8) is 0 Å². The van der Waals surface area contributed by atoms with E-state index in [4.69, 9.17) is 9.47 Å². The number of hydrogen-bond donors (Lipinski definition) is 4. The lowest BCUT2D eigenvalue weighted by molar-refractivity contribution is -0.240. The number of ether oxygens (including phenoxy) is 2. The highest BCUT2D eigenvalue weighted by atomic mass is 16.6. The highest BCUT2D eigenvalue weighted by molar-refractivity contribution is 5.82. The van der Waals surface area contributed by atoms with Gasteiger partial charge in [0.1, 0.15) is 12.1 Å².